The summed E-state index contributed by atoms with van der Waals surface area (Å²) in [5.41, 5.74) is 1.60. The molecule has 22 heavy (non-hydrogen) atoms. The topological polar surface area (TPSA) is 68.7 Å². The van der Waals surface area contributed by atoms with Gasteiger partial charge in [-0.1, -0.05) is 12.1 Å². The standard InChI is InChI=1S/C16H14N2O4/c1-21-16(20)12-4-2-3-5-13(12)18-6-7-22-14-8-11(10-19)9-17-15(14)18/h2-5,8-10H,6-7H2,1H3. The first kappa shape index (κ1) is 14.1. The van der Waals surface area contributed by atoms with Crippen LogP contribution in [0.3, 0.4) is 0 Å². The van der Waals surface area contributed by atoms with Crippen molar-refractivity contribution in [3.63, 3.8) is 0 Å². The molecule has 2 aromatic rings. The van der Waals surface area contributed by atoms with Gasteiger partial charge in [0.1, 0.15) is 6.61 Å². The molecule has 0 radical (unpaired) electrons. The minimum Gasteiger partial charge on any atom is -0.488 e. The first-order valence-electron chi connectivity index (χ1n) is 6.77. The third-order valence-electron chi connectivity index (χ3n) is 3.42. The Morgan fingerprint density at radius 2 is 2.23 bits per heavy atom. The molecule has 1 aliphatic heterocycles. The SMILES string of the molecule is COC(=O)c1ccccc1N1CCOc2cc(C=O)cnc21. The van der Waals surface area contributed by atoms with Gasteiger partial charge in [0.05, 0.1) is 24.9 Å². The summed E-state index contributed by atoms with van der Waals surface area (Å²) < 4.78 is 10.4. The van der Waals surface area contributed by atoms with Gasteiger partial charge in [-0.25, -0.2) is 9.78 Å². The Hall–Kier alpha value is -2.89. The normalized spacial score (nSPS) is 13.0. The number of hydrogen-bond acceptors (Lipinski definition) is 6. The van der Waals surface area contributed by atoms with Crippen molar-refractivity contribution in [3.8, 4) is 5.75 Å². The van der Waals surface area contributed by atoms with E-state index in [9.17, 15) is 9.59 Å². The van der Waals surface area contributed by atoms with Gasteiger partial charge in [0.2, 0.25) is 0 Å². The van der Waals surface area contributed by atoms with Gasteiger partial charge >= 0.3 is 5.97 Å². The van der Waals surface area contributed by atoms with Gasteiger partial charge in [0.15, 0.2) is 17.9 Å². The molecule has 1 aromatic carbocycles. The maximum Gasteiger partial charge on any atom is 0.339 e. The van der Waals surface area contributed by atoms with Crippen LogP contribution in [-0.2, 0) is 4.74 Å². The van der Waals surface area contributed by atoms with Crippen molar-refractivity contribution in [2.75, 3.05) is 25.2 Å². The van der Waals surface area contributed by atoms with Crippen LogP contribution in [0.5, 0.6) is 5.75 Å². The second-order valence-electron chi connectivity index (χ2n) is 4.72. The van der Waals surface area contributed by atoms with Gasteiger partial charge < -0.3 is 14.4 Å². The highest BCUT2D eigenvalue weighted by Crippen LogP contribution is 2.36. The summed E-state index contributed by atoms with van der Waals surface area (Å²) in [7, 11) is 1.35. The number of anilines is 2. The summed E-state index contributed by atoms with van der Waals surface area (Å²) in [4.78, 5) is 29.0. The van der Waals surface area contributed by atoms with Crippen LogP contribution in [0.15, 0.2) is 36.5 Å². The van der Waals surface area contributed by atoms with Crippen LogP contribution in [-0.4, -0.2) is 37.5 Å². The number of carbonyl (C=O) groups is 2. The van der Waals surface area contributed by atoms with Crippen molar-refractivity contribution >= 4 is 23.8 Å². The summed E-state index contributed by atoms with van der Waals surface area (Å²) in [5.74, 6) is 0.692. The fourth-order valence-corrected chi connectivity index (χ4v) is 2.40. The minimum atomic E-state index is -0.409. The van der Waals surface area contributed by atoms with E-state index in [4.69, 9.17) is 9.47 Å². The number of pyridine rings is 1. The Labute approximate surface area is 127 Å². The first-order valence-corrected chi connectivity index (χ1v) is 6.77. The van der Waals surface area contributed by atoms with Crippen LogP contribution in [0, 0.1) is 0 Å². The molecule has 6 heteroatoms. The quantitative estimate of drug-likeness (QED) is 0.639. The average Bonchev–Trinajstić information content (AvgIpc) is 2.60. The number of rotatable bonds is 3. The lowest BCUT2D eigenvalue weighted by molar-refractivity contribution is 0.0601. The van der Waals surface area contributed by atoms with E-state index in [-0.39, 0.29) is 0 Å². The lowest BCUT2D eigenvalue weighted by Crippen LogP contribution is -2.30. The minimum absolute atomic E-state index is 0.409. The van der Waals surface area contributed by atoms with E-state index in [0.717, 1.165) is 6.29 Å². The number of ether oxygens (including phenoxy) is 2. The van der Waals surface area contributed by atoms with Gasteiger partial charge in [-0.2, -0.15) is 0 Å². The van der Waals surface area contributed by atoms with Crippen LogP contribution in [0.1, 0.15) is 20.7 Å². The van der Waals surface area contributed by atoms with E-state index in [2.05, 4.69) is 4.98 Å². The van der Waals surface area contributed by atoms with E-state index in [1.807, 2.05) is 17.0 Å². The predicted molar refractivity (Wildman–Crippen MR) is 79.9 cm³/mol. The number of para-hydroxylation sites is 1. The van der Waals surface area contributed by atoms with Crippen LogP contribution in [0.25, 0.3) is 0 Å². The van der Waals surface area contributed by atoms with Crippen molar-refractivity contribution in [1.82, 2.24) is 4.98 Å². The maximum absolute atomic E-state index is 11.9. The average molecular weight is 298 g/mol. The van der Waals surface area contributed by atoms with E-state index < -0.39 is 5.97 Å². The second-order valence-corrected chi connectivity index (χ2v) is 4.72. The molecule has 6 nitrogen and oxygen atoms in total. The summed E-state index contributed by atoms with van der Waals surface area (Å²) in [5, 5.41) is 0. The van der Waals surface area contributed by atoms with Crippen LogP contribution in [0.4, 0.5) is 11.5 Å². The molecule has 0 aliphatic carbocycles. The molecule has 112 valence electrons. The monoisotopic (exact) mass is 298 g/mol. The molecule has 0 atom stereocenters. The van der Waals surface area contributed by atoms with Crippen LogP contribution in [0.2, 0.25) is 0 Å². The molecule has 2 heterocycles. The number of esters is 1. The molecular weight excluding hydrogens is 284 g/mol. The first-order chi connectivity index (χ1) is 10.7. The van der Waals surface area contributed by atoms with Gasteiger partial charge in [-0.15, -0.1) is 0 Å². The molecular formula is C16H14N2O4. The van der Waals surface area contributed by atoms with Crippen molar-refractivity contribution in [2.45, 2.75) is 0 Å². The highest BCUT2D eigenvalue weighted by Gasteiger charge is 2.25. The van der Waals surface area contributed by atoms with Crippen molar-refractivity contribution < 1.29 is 19.1 Å². The predicted octanol–water partition coefficient (Wildman–Crippen LogP) is 2.21. The number of nitrogens with zero attached hydrogens (tertiary/aromatic N) is 2. The lowest BCUT2D eigenvalue weighted by Gasteiger charge is -2.31. The highest BCUT2D eigenvalue weighted by atomic mass is 16.5. The molecule has 3 rings (SSSR count). The number of methoxy groups -OCH3 is 1. The number of aromatic nitrogens is 1. The molecule has 0 N–H and O–H groups in total. The van der Waals surface area contributed by atoms with E-state index >= 15 is 0 Å². The summed E-state index contributed by atoms with van der Waals surface area (Å²) >= 11 is 0. The Bertz CT molecular complexity index is 730. The number of carbonyl (C=O) groups excluding carboxylic acids is 2. The smallest absolute Gasteiger partial charge is 0.339 e. The molecule has 0 amide bonds. The third-order valence-corrected chi connectivity index (χ3v) is 3.42. The number of benzene rings is 1. The maximum atomic E-state index is 11.9. The zero-order valence-electron chi connectivity index (χ0n) is 12.0. The molecule has 0 saturated heterocycles. The molecule has 0 saturated carbocycles. The third kappa shape index (κ3) is 2.39. The molecule has 1 aliphatic rings. The summed E-state index contributed by atoms with van der Waals surface area (Å²) in [6.07, 6.45) is 2.20. The van der Waals surface area contributed by atoms with Crippen molar-refractivity contribution in [3.05, 3.63) is 47.7 Å². The van der Waals surface area contributed by atoms with Gasteiger partial charge in [-0.05, 0) is 18.2 Å². The molecule has 0 unspecified atom stereocenters. The van der Waals surface area contributed by atoms with Crippen molar-refractivity contribution in [2.24, 2.45) is 0 Å². The van der Waals surface area contributed by atoms with Crippen LogP contribution >= 0.6 is 0 Å². The lowest BCUT2D eigenvalue weighted by atomic mass is 10.1. The summed E-state index contributed by atoms with van der Waals surface area (Å²) in [6.45, 7) is 0.987. The zero-order chi connectivity index (χ0) is 15.5. The number of fused-ring (bicyclic) bond motifs is 1. The Balaban J connectivity index is 2.09. The summed E-state index contributed by atoms with van der Waals surface area (Å²) in [6, 6.07) is 8.80. The Kier molecular flexibility index (Phi) is 3.74. The van der Waals surface area contributed by atoms with Crippen molar-refractivity contribution in [1.29, 1.82) is 0 Å². The van der Waals surface area contributed by atoms with Gasteiger partial charge in [-0.3, -0.25) is 4.79 Å². The van der Waals surface area contributed by atoms with E-state index in [0.29, 0.717) is 41.5 Å². The van der Waals surface area contributed by atoms with Gasteiger partial charge in [0.25, 0.3) is 0 Å². The fourth-order valence-electron chi connectivity index (χ4n) is 2.40. The Morgan fingerprint density at radius 3 is 3.00 bits per heavy atom. The van der Waals surface area contributed by atoms with Crippen LogP contribution < -0.4 is 9.64 Å². The number of aldehydes is 1. The van der Waals surface area contributed by atoms with Gasteiger partial charge in [0, 0.05) is 11.8 Å². The fraction of sp³-hybridized carbons (Fsp3) is 0.188. The van der Waals surface area contributed by atoms with E-state index in [1.54, 1.807) is 18.2 Å². The molecule has 0 spiro atoms. The highest BCUT2D eigenvalue weighted by molar-refractivity contribution is 5.97. The molecule has 0 bridgehead atoms. The van der Waals surface area contributed by atoms with E-state index in [1.165, 1.54) is 13.3 Å². The number of hydrogen-bond donors (Lipinski definition) is 0. The largest absolute Gasteiger partial charge is 0.488 e. The second kappa shape index (κ2) is 5.85. The Morgan fingerprint density at radius 1 is 1.41 bits per heavy atom. The zero-order valence-corrected chi connectivity index (χ0v) is 12.0. The molecule has 0 fully saturated rings. The molecule has 1 aromatic heterocycles.